The van der Waals surface area contributed by atoms with Crippen molar-refractivity contribution in [2.75, 3.05) is 0 Å². The Kier molecular flexibility index (Phi) is 2.73. The molecule has 70 valence electrons. The number of hydrogen-bond acceptors (Lipinski definition) is 4. The molecule has 2 amide bonds. The Balaban J connectivity index is 2.50. The Bertz CT molecular complexity index is 295. The Morgan fingerprint density at radius 1 is 1.62 bits per heavy atom. The first-order chi connectivity index (χ1) is 6.09. The molecule has 13 heavy (non-hydrogen) atoms. The van der Waals surface area contributed by atoms with Crippen LogP contribution in [0.3, 0.4) is 0 Å². The lowest BCUT2D eigenvalue weighted by Gasteiger charge is -2.09. The van der Waals surface area contributed by atoms with Gasteiger partial charge in [0.1, 0.15) is 0 Å². The third-order valence-corrected chi connectivity index (χ3v) is 1.63. The van der Waals surface area contributed by atoms with Gasteiger partial charge in [0.15, 0.2) is 0 Å². The summed E-state index contributed by atoms with van der Waals surface area (Å²) in [6.45, 7) is 0. The predicted octanol–water partition coefficient (Wildman–Crippen LogP) is -1.21. The van der Waals surface area contributed by atoms with Crippen LogP contribution in [0, 0.1) is 5.92 Å². The van der Waals surface area contributed by atoms with Crippen molar-refractivity contribution in [3.05, 3.63) is 0 Å². The lowest BCUT2D eigenvalue weighted by molar-refractivity contribution is -0.120. The zero-order chi connectivity index (χ0) is 9.84. The first-order valence-electron chi connectivity index (χ1n) is 3.80. The molecule has 4 N–H and O–H groups in total. The van der Waals surface area contributed by atoms with Gasteiger partial charge in [0, 0.05) is 12.6 Å². The molecule has 0 aromatic rings. The molecular weight excluding hydrogens is 172 g/mol. The van der Waals surface area contributed by atoms with Gasteiger partial charge < -0.3 is 11.5 Å². The Morgan fingerprint density at radius 3 is 2.85 bits per heavy atom. The first-order valence-corrected chi connectivity index (χ1v) is 3.80. The molecule has 0 aliphatic carbocycles. The Labute approximate surface area is 74.7 Å². The van der Waals surface area contributed by atoms with Crippen LogP contribution in [0.1, 0.15) is 12.8 Å². The minimum absolute atomic E-state index is 0.0414. The summed E-state index contributed by atoms with van der Waals surface area (Å²) in [4.78, 5) is 28.6. The van der Waals surface area contributed by atoms with E-state index in [0.29, 0.717) is 6.42 Å². The summed E-state index contributed by atoms with van der Waals surface area (Å²) in [7, 11) is 0. The molecular formula is C7H10N4O2. The summed E-state index contributed by atoms with van der Waals surface area (Å²) < 4.78 is 0. The maximum Gasteiger partial charge on any atom is 0.257 e. The van der Waals surface area contributed by atoms with E-state index in [2.05, 4.69) is 9.98 Å². The molecule has 1 unspecified atom stereocenters. The van der Waals surface area contributed by atoms with Crippen LogP contribution in [0.2, 0.25) is 0 Å². The Hall–Kier alpha value is -1.72. The van der Waals surface area contributed by atoms with Crippen LogP contribution < -0.4 is 11.5 Å². The van der Waals surface area contributed by atoms with E-state index in [1.165, 1.54) is 6.21 Å². The number of nitrogens with zero attached hydrogens (tertiary/aromatic N) is 2. The molecule has 1 aliphatic heterocycles. The van der Waals surface area contributed by atoms with E-state index in [1.807, 2.05) is 0 Å². The van der Waals surface area contributed by atoms with Gasteiger partial charge in [-0.25, -0.2) is 4.99 Å². The van der Waals surface area contributed by atoms with Crippen molar-refractivity contribution in [1.82, 2.24) is 0 Å². The number of aliphatic imine (C=N–C) groups is 2. The van der Waals surface area contributed by atoms with Gasteiger partial charge in [0.2, 0.25) is 11.9 Å². The van der Waals surface area contributed by atoms with Crippen LogP contribution in [0.4, 0.5) is 0 Å². The van der Waals surface area contributed by atoms with Crippen LogP contribution in [0.15, 0.2) is 9.98 Å². The number of hydrogen-bond donors (Lipinski definition) is 2. The maximum atomic E-state index is 11.1. The molecule has 0 radical (unpaired) electrons. The number of primary amides is 1. The van der Waals surface area contributed by atoms with E-state index in [0.717, 1.165) is 0 Å². The quantitative estimate of drug-likeness (QED) is 0.571. The van der Waals surface area contributed by atoms with Crippen molar-refractivity contribution in [1.29, 1.82) is 0 Å². The second-order valence-electron chi connectivity index (χ2n) is 2.70. The second kappa shape index (κ2) is 3.79. The largest absolute Gasteiger partial charge is 0.370 e. The van der Waals surface area contributed by atoms with Gasteiger partial charge in [-0.15, -0.1) is 0 Å². The van der Waals surface area contributed by atoms with Crippen molar-refractivity contribution < 1.29 is 9.59 Å². The molecule has 6 nitrogen and oxygen atoms in total. The molecule has 0 bridgehead atoms. The number of guanidine groups is 1. The number of carbonyl (C=O) groups is 2. The summed E-state index contributed by atoms with van der Waals surface area (Å²) in [5.41, 5.74) is 10.1. The third kappa shape index (κ3) is 2.66. The van der Waals surface area contributed by atoms with Crippen LogP contribution in [-0.2, 0) is 9.59 Å². The highest BCUT2D eigenvalue weighted by molar-refractivity contribution is 6.07. The molecule has 0 saturated heterocycles. The van der Waals surface area contributed by atoms with E-state index in [-0.39, 0.29) is 18.3 Å². The van der Waals surface area contributed by atoms with Crippen LogP contribution >= 0.6 is 0 Å². The van der Waals surface area contributed by atoms with Crippen LogP contribution in [0.5, 0.6) is 0 Å². The van der Waals surface area contributed by atoms with Gasteiger partial charge in [-0.2, -0.15) is 4.99 Å². The van der Waals surface area contributed by atoms with Crippen molar-refractivity contribution in [2.45, 2.75) is 12.8 Å². The average Bonchev–Trinajstić information content (AvgIpc) is 2.02. The molecule has 0 aromatic heterocycles. The summed E-state index contributed by atoms with van der Waals surface area (Å²) in [5.74, 6) is -1.31. The van der Waals surface area contributed by atoms with Crippen LogP contribution in [-0.4, -0.2) is 24.0 Å². The zero-order valence-corrected chi connectivity index (χ0v) is 6.93. The van der Waals surface area contributed by atoms with Crippen molar-refractivity contribution in [2.24, 2.45) is 27.4 Å². The van der Waals surface area contributed by atoms with Crippen molar-refractivity contribution in [3.8, 4) is 0 Å². The minimum Gasteiger partial charge on any atom is -0.370 e. The van der Waals surface area contributed by atoms with Gasteiger partial charge in [0.05, 0.1) is 5.92 Å². The van der Waals surface area contributed by atoms with E-state index in [1.54, 1.807) is 0 Å². The average molecular weight is 182 g/mol. The summed E-state index contributed by atoms with van der Waals surface area (Å²) in [6.07, 6.45) is 1.89. The smallest absolute Gasteiger partial charge is 0.257 e. The molecule has 1 rings (SSSR count). The third-order valence-electron chi connectivity index (χ3n) is 1.63. The molecule has 0 aromatic carbocycles. The summed E-state index contributed by atoms with van der Waals surface area (Å²) >= 11 is 0. The fourth-order valence-corrected chi connectivity index (χ4v) is 0.951. The van der Waals surface area contributed by atoms with Gasteiger partial charge in [-0.05, 0) is 6.42 Å². The summed E-state index contributed by atoms with van der Waals surface area (Å²) in [6, 6.07) is 0. The van der Waals surface area contributed by atoms with E-state index in [9.17, 15) is 9.59 Å². The topological polar surface area (TPSA) is 111 Å². The van der Waals surface area contributed by atoms with Crippen LogP contribution in [0.25, 0.3) is 0 Å². The molecule has 0 saturated carbocycles. The fraction of sp³-hybridized carbons (Fsp3) is 0.429. The molecule has 1 atom stereocenters. The van der Waals surface area contributed by atoms with Crippen molar-refractivity contribution >= 4 is 24.0 Å². The van der Waals surface area contributed by atoms with Gasteiger partial charge in [0.25, 0.3) is 5.91 Å². The van der Waals surface area contributed by atoms with E-state index >= 15 is 0 Å². The monoisotopic (exact) mass is 182 g/mol. The SMILES string of the molecule is NC(=O)CCC1C=NC(N)=NC1=O. The zero-order valence-electron chi connectivity index (χ0n) is 6.93. The van der Waals surface area contributed by atoms with E-state index < -0.39 is 11.8 Å². The van der Waals surface area contributed by atoms with Gasteiger partial charge in [-0.3, -0.25) is 9.59 Å². The van der Waals surface area contributed by atoms with Gasteiger partial charge in [-0.1, -0.05) is 0 Å². The Morgan fingerprint density at radius 2 is 2.31 bits per heavy atom. The highest BCUT2D eigenvalue weighted by Crippen LogP contribution is 2.09. The molecule has 0 fully saturated rings. The highest BCUT2D eigenvalue weighted by atomic mass is 16.2. The summed E-state index contributed by atoms with van der Waals surface area (Å²) in [5, 5.41) is 0. The molecule has 1 aliphatic rings. The second-order valence-corrected chi connectivity index (χ2v) is 2.70. The number of amides is 2. The molecule has 0 spiro atoms. The van der Waals surface area contributed by atoms with Gasteiger partial charge >= 0.3 is 0 Å². The molecule has 1 heterocycles. The van der Waals surface area contributed by atoms with E-state index in [4.69, 9.17) is 11.5 Å². The molecule has 6 heteroatoms. The lowest BCUT2D eigenvalue weighted by Crippen LogP contribution is -2.25. The number of nitrogens with two attached hydrogens (primary N) is 2. The van der Waals surface area contributed by atoms with Crippen molar-refractivity contribution in [3.63, 3.8) is 0 Å². The fourth-order valence-electron chi connectivity index (χ4n) is 0.951. The number of carbonyl (C=O) groups excluding carboxylic acids is 2. The normalized spacial score (nSPS) is 21.4. The predicted molar refractivity (Wildman–Crippen MR) is 47.0 cm³/mol. The minimum atomic E-state index is -0.459. The number of rotatable bonds is 3. The first kappa shape index (κ1) is 9.37. The maximum absolute atomic E-state index is 11.1. The standard InChI is InChI=1S/C7H10N4O2/c8-5(12)2-1-4-3-10-7(9)11-6(4)13/h3-4H,1-2H2,(H2,8,12)(H2,9,11,13). The lowest BCUT2D eigenvalue weighted by atomic mass is 10.0. The highest BCUT2D eigenvalue weighted by Gasteiger charge is 2.19.